The molecule has 0 bridgehead atoms. The van der Waals surface area contributed by atoms with Crippen LogP contribution in [0.1, 0.15) is 27.2 Å². The minimum absolute atomic E-state index is 0.164. The Morgan fingerprint density at radius 3 is 2.23 bits per heavy atom. The second kappa shape index (κ2) is 4.50. The molecule has 1 heteroatoms. The van der Waals surface area contributed by atoms with E-state index in [0.29, 0.717) is 5.92 Å². The van der Waals surface area contributed by atoms with Crippen LogP contribution < -0.4 is 0 Å². The predicted octanol–water partition coefficient (Wildman–Crippen LogP) is 3.30. The van der Waals surface area contributed by atoms with Crippen LogP contribution in [-0.2, 0) is 0 Å². The first-order chi connectivity index (χ1) is 5.81. The zero-order valence-corrected chi connectivity index (χ0v) is 9.72. The molecule has 1 nitrogen and oxygen atoms in total. The molecule has 0 aromatic rings. The molecule has 0 aliphatic carbocycles. The molecule has 1 unspecified atom stereocenters. The Bertz CT molecular complexity index is 189. The van der Waals surface area contributed by atoms with Crippen molar-refractivity contribution in [2.24, 2.45) is 11.3 Å². The zero-order chi connectivity index (χ0) is 10.6. The van der Waals surface area contributed by atoms with Crippen molar-refractivity contribution in [3.05, 3.63) is 24.9 Å². The smallest absolute Gasteiger partial charge is 0.0112 e. The monoisotopic (exact) mass is 181 g/mol. The van der Waals surface area contributed by atoms with E-state index in [-0.39, 0.29) is 5.41 Å². The lowest BCUT2D eigenvalue weighted by atomic mass is 9.80. The second-order valence-corrected chi connectivity index (χ2v) is 4.64. The van der Waals surface area contributed by atoms with Crippen molar-refractivity contribution < 1.29 is 0 Å². The maximum atomic E-state index is 4.10. The number of nitrogens with zero attached hydrogens (tertiary/aromatic N) is 1. The molecule has 0 aromatic heterocycles. The number of hydrogen-bond acceptors (Lipinski definition) is 1. The molecule has 0 spiro atoms. The number of hydrogen-bond donors (Lipinski definition) is 0. The van der Waals surface area contributed by atoms with Crippen molar-refractivity contribution in [3.63, 3.8) is 0 Å². The number of allylic oxidation sites excluding steroid dienone is 2. The Morgan fingerprint density at radius 2 is 1.92 bits per heavy atom. The van der Waals surface area contributed by atoms with E-state index in [2.05, 4.69) is 38.8 Å². The standard InChI is InChI=1S/C12H23N/c1-8-10(2)9-12(4,5)11(3)13(6)7/h8,10H,1,3,9H2,2,4-7H3. The van der Waals surface area contributed by atoms with Crippen LogP contribution in [-0.4, -0.2) is 19.0 Å². The molecule has 0 rings (SSSR count). The molecule has 0 saturated heterocycles. The van der Waals surface area contributed by atoms with Crippen LogP contribution in [0.15, 0.2) is 24.9 Å². The van der Waals surface area contributed by atoms with E-state index in [9.17, 15) is 0 Å². The summed E-state index contributed by atoms with van der Waals surface area (Å²) in [7, 11) is 4.09. The Labute approximate surface area is 83.1 Å². The summed E-state index contributed by atoms with van der Waals surface area (Å²) in [6.45, 7) is 14.6. The lowest BCUT2D eigenvalue weighted by molar-refractivity contribution is 0.285. The Balaban J connectivity index is 4.38. The summed E-state index contributed by atoms with van der Waals surface area (Å²) >= 11 is 0. The average molecular weight is 181 g/mol. The van der Waals surface area contributed by atoms with Gasteiger partial charge in [0.1, 0.15) is 0 Å². The first kappa shape index (κ1) is 12.3. The van der Waals surface area contributed by atoms with Crippen LogP contribution in [0.3, 0.4) is 0 Å². The zero-order valence-electron chi connectivity index (χ0n) is 9.72. The van der Waals surface area contributed by atoms with Gasteiger partial charge in [-0.25, -0.2) is 0 Å². The van der Waals surface area contributed by atoms with Gasteiger partial charge < -0.3 is 4.90 Å². The summed E-state index contributed by atoms with van der Waals surface area (Å²) in [5.74, 6) is 0.548. The van der Waals surface area contributed by atoms with Crippen LogP contribution >= 0.6 is 0 Å². The van der Waals surface area contributed by atoms with Crippen LogP contribution in [0.25, 0.3) is 0 Å². The lowest BCUT2D eigenvalue weighted by Crippen LogP contribution is -2.26. The molecule has 0 aromatic carbocycles. The van der Waals surface area contributed by atoms with Gasteiger partial charge in [-0.05, 0) is 12.3 Å². The maximum absolute atomic E-state index is 4.10. The van der Waals surface area contributed by atoms with Gasteiger partial charge in [-0.2, -0.15) is 0 Å². The first-order valence-corrected chi connectivity index (χ1v) is 4.80. The summed E-state index contributed by atoms with van der Waals surface area (Å²) in [5, 5.41) is 0. The van der Waals surface area contributed by atoms with E-state index < -0.39 is 0 Å². The Kier molecular flexibility index (Phi) is 4.25. The van der Waals surface area contributed by atoms with Gasteiger partial charge in [0.2, 0.25) is 0 Å². The van der Waals surface area contributed by atoms with Crippen LogP contribution in [0.2, 0.25) is 0 Å². The summed E-state index contributed by atoms with van der Waals surface area (Å²) in [4.78, 5) is 2.09. The SMILES string of the molecule is C=CC(C)CC(C)(C)C(=C)N(C)C. The summed E-state index contributed by atoms with van der Waals surface area (Å²) < 4.78 is 0. The summed E-state index contributed by atoms with van der Waals surface area (Å²) in [5.41, 5.74) is 1.35. The van der Waals surface area contributed by atoms with Crippen LogP contribution in [0.4, 0.5) is 0 Å². The van der Waals surface area contributed by atoms with E-state index in [4.69, 9.17) is 0 Å². The van der Waals surface area contributed by atoms with Gasteiger partial charge in [0.05, 0.1) is 0 Å². The molecule has 0 saturated carbocycles. The predicted molar refractivity (Wildman–Crippen MR) is 60.6 cm³/mol. The van der Waals surface area contributed by atoms with E-state index in [1.807, 2.05) is 20.2 Å². The molecule has 0 N–H and O–H groups in total. The van der Waals surface area contributed by atoms with Crippen molar-refractivity contribution in [2.45, 2.75) is 27.2 Å². The van der Waals surface area contributed by atoms with E-state index in [1.165, 1.54) is 5.70 Å². The molecule has 0 aliphatic heterocycles. The van der Waals surface area contributed by atoms with Gasteiger partial charge in [-0.15, -0.1) is 6.58 Å². The van der Waals surface area contributed by atoms with E-state index >= 15 is 0 Å². The fourth-order valence-electron chi connectivity index (χ4n) is 1.61. The summed E-state index contributed by atoms with van der Waals surface area (Å²) in [6.07, 6.45) is 3.11. The highest BCUT2D eigenvalue weighted by Gasteiger charge is 2.24. The van der Waals surface area contributed by atoms with Gasteiger partial charge in [0, 0.05) is 25.2 Å². The largest absolute Gasteiger partial charge is 0.381 e. The first-order valence-electron chi connectivity index (χ1n) is 4.80. The molecule has 0 radical (unpaired) electrons. The fraction of sp³-hybridized carbons (Fsp3) is 0.667. The molecular weight excluding hydrogens is 158 g/mol. The molecule has 0 heterocycles. The normalized spacial score (nSPS) is 13.6. The van der Waals surface area contributed by atoms with Crippen LogP contribution in [0, 0.1) is 11.3 Å². The van der Waals surface area contributed by atoms with E-state index in [0.717, 1.165) is 6.42 Å². The molecular formula is C12H23N. The van der Waals surface area contributed by atoms with Crippen molar-refractivity contribution in [3.8, 4) is 0 Å². The molecule has 0 fully saturated rings. The maximum Gasteiger partial charge on any atom is 0.0112 e. The van der Waals surface area contributed by atoms with E-state index in [1.54, 1.807) is 0 Å². The summed E-state index contributed by atoms with van der Waals surface area (Å²) in [6, 6.07) is 0. The van der Waals surface area contributed by atoms with Crippen molar-refractivity contribution in [1.29, 1.82) is 0 Å². The van der Waals surface area contributed by atoms with Crippen molar-refractivity contribution in [1.82, 2.24) is 4.90 Å². The second-order valence-electron chi connectivity index (χ2n) is 4.64. The third kappa shape index (κ3) is 3.67. The lowest BCUT2D eigenvalue weighted by Gasteiger charge is -2.33. The Hall–Kier alpha value is -0.720. The molecule has 13 heavy (non-hydrogen) atoms. The number of rotatable bonds is 5. The van der Waals surface area contributed by atoms with Gasteiger partial charge in [0.25, 0.3) is 0 Å². The molecule has 0 aliphatic rings. The highest BCUT2D eigenvalue weighted by Crippen LogP contribution is 2.33. The van der Waals surface area contributed by atoms with Crippen LogP contribution in [0.5, 0.6) is 0 Å². The van der Waals surface area contributed by atoms with Crippen molar-refractivity contribution >= 4 is 0 Å². The minimum atomic E-state index is 0.164. The third-order valence-corrected chi connectivity index (χ3v) is 2.56. The fourth-order valence-corrected chi connectivity index (χ4v) is 1.61. The Morgan fingerprint density at radius 1 is 1.46 bits per heavy atom. The quantitative estimate of drug-likeness (QED) is 0.588. The highest BCUT2D eigenvalue weighted by atomic mass is 15.1. The molecule has 0 amide bonds. The van der Waals surface area contributed by atoms with Gasteiger partial charge in [-0.1, -0.05) is 33.4 Å². The third-order valence-electron chi connectivity index (χ3n) is 2.56. The molecule has 76 valence electrons. The minimum Gasteiger partial charge on any atom is -0.381 e. The highest BCUT2D eigenvalue weighted by molar-refractivity contribution is 5.05. The van der Waals surface area contributed by atoms with Gasteiger partial charge in [-0.3, -0.25) is 0 Å². The van der Waals surface area contributed by atoms with Gasteiger partial charge in [0.15, 0.2) is 0 Å². The average Bonchev–Trinajstić information content (AvgIpc) is 2.01. The topological polar surface area (TPSA) is 3.24 Å². The van der Waals surface area contributed by atoms with Gasteiger partial charge >= 0.3 is 0 Å². The van der Waals surface area contributed by atoms with Crippen molar-refractivity contribution in [2.75, 3.05) is 14.1 Å². The molecule has 1 atom stereocenters.